The van der Waals surface area contributed by atoms with Crippen LogP contribution in [0.4, 0.5) is 0 Å². The minimum absolute atomic E-state index is 0.247. The third-order valence-electron chi connectivity index (χ3n) is 4.50. The van der Waals surface area contributed by atoms with E-state index in [1.54, 1.807) is 0 Å². The number of rotatable bonds is 5. The number of hydrogen-bond donors (Lipinski definition) is 1. The summed E-state index contributed by atoms with van der Waals surface area (Å²) < 4.78 is 5.81. The van der Waals surface area contributed by atoms with Gasteiger partial charge in [-0.15, -0.1) is 0 Å². The predicted octanol–water partition coefficient (Wildman–Crippen LogP) is 2.66. The summed E-state index contributed by atoms with van der Waals surface area (Å²) in [5.74, 6) is -0.658. The molecular weight excluding hydrogens is 242 g/mol. The van der Waals surface area contributed by atoms with E-state index in [0.717, 1.165) is 45.3 Å². The maximum Gasteiger partial charge on any atom is 0.304 e. The Morgan fingerprint density at radius 2 is 2.21 bits per heavy atom. The predicted molar refractivity (Wildman–Crippen MR) is 74.3 cm³/mol. The van der Waals surface area contributed by atoms with Gasteiger partial charge in [-0.1, -0.05) is 19.8 Å². The smallest absolute Gasteiger partial charge is 0.304 e. The van der Waals surface area contributed by atoms with Gasteiger partial charge in [-0.25, -0.2) is 0 Å². The molecule has 0 spiro atoms. The van der Waals surface area contributed by atoms with E-state index in [1.165, 1.54) is 12.8 Å². The minimum atomic E-state index is -0.658. The van der Waals surface area contributed by atoms with E-state index in [4.69, 9.17) is 9.84 Å². The highest BCUT2D eigenvalue weighted by atomic mass is 16.5. The number of carbonyl (C=O) groups is 1. The summed E-state index contributed by atoms with van der Waals surface area (Å²) in [4.78, 5) is 13.5. The molecule has 0 aromatic rings. The van der Waals surface area contributed by atoms with Crippen molar-refractivity contribution in [3.05, 3.63) is 0 Å². The van der Waals surface area contributed by atoms with E-state index in [1.807, 2.05) is 0 Å². The second-order valence-electron chi connectivity index (χ2n) is 5.94. The van der Waals surface area contributed by atoms with Gasteiger partial charge >= 0.3 is 5.97 Å². The van der Waals surface area contributed by atoms with Gasteiger partial charge in [0.2, 0.25) is 0 Å². The fourth-order valence-electron chi connectivity index (χ4n) is 3.61. The highest BCUT2D eigenvalue weighted by Gasteiger charge is 2.33. The Morgan fingerprint density at radius 1 is 1.37 bits per heavy atom. The monoisotopic (exact) mass is 269 g/mol. The van der Waals surface area contributed by atoms with Crippen LogP contribution in [0.2, 0.25) is 0 Å². The number of ether oxygens (including phenoxy) is 1. The van der Waals surface area contributed by atoms with Crippen LogP contribution in [0.15, 0.2) is 0 Å². The molecule has 0 saturated carbocycles. The molecule has 2 fully saturated rings. The molecule has 2 aliphatic heterocycles. The topological polar surface area (TPSA) is 49.8 Å². The van der Waals surface area contributed by atoms with Gasteiger partial charge in [0.25, 0.3) is 0 Å². The molecule has 3 unspecified atom stereocenters. The van der Waals surface area contributed by atoms with Gasteiger partial charge < -0.3 is 9.84 Å². The zero-order valence-electron chi connectivity index (χ0n) is 12.0. The fourth-order valence-corrected chi connectivity index (χ4v) is 3.61. The minimum Gasteiger partial charge on any atom is -0.481 e. The summed E-state index contributed by atoms with van der Waals surface area (Å²) in [6, 6.07) is 0.784. The van der Waals surface area contributed by atoms with Crippen molar-refractivity contribution in [3.8, 4) is 0 Å². The molecule has 0 radical (unpaired) electrons. The lowest BCUT2D eigenvalue weighted by atomic mass is 9.92. The van der Waals surface area contributed by atoms with Crippen molar-refractivity contribution >= 4 is 5.97 Å². The standard InChI is InChI=1S/C15H27NO3/c1-2-5-14-10-13(7-9-19-14)16-8-4-3-6-12(16)11-15(17)18/h12-14H,2-11H2,1H3,(H,17,18). The van der Waals surface area contributed by atoms with Crippen molar-refractivity contribution in [1.82, 2.24) is 4.90 Å². The molecule has 110 valence electrons. The van der Waals surface area contributed by atoms with Crippen LogP contribution in [-0.4, -0.2) is 47.3 Å². The Hall–Kier alpha value is -0.610. The summed E-state index contributed by atoms with van der Waals surface area (Å²) in [5.41, 5.74) is 0. The van der Waals surface area contributed by atoms with E-state index < -0.39 is 5.97 Å². The molecule has 0 aromatic carbocycles. The van der Waals surface area contributed by atoms with Crippen molar-refractivity contribution < 1.29 is 14.6 Å². The summed E-state index contributed by atoms with van der Waals surface area (Å²) in [7, 11) is 0. The number of hydrogen-bond acceptors (Lipinski definition) is 3. The van der Waals surface area contributed by atoms with Gasteiger partial charge in [-0.3, -0.25) is 9.69 Å². The Labute approximate surface area is 116 Å². The zero-order valence-corrected chi connectivity index (χ0v) is 12.0. The van der Waals surface area contributed by atoms with Crippen LogP contribution in [0.5, 0.6) is 0 Å². The normalized spacial score (nSPS) is 33.2. The summed E-state index contributed by atoms with van der Waals surface area (Å²) in [5, 5.41) is 9.07. The zero-order chi connectivity index (χ0) is 13.7. The number of likely N-dealkylation sites (tertiary alicyclic amines) is 1. The van der Waals surface area contributed by atoms with Crippen LogP contribution < -0.4 is 0 Å². The maximum absolute atomic E-state index is 11.0. The van der Waals surface area contributed by atoms with Crippen molar-refractivity contribution in [1.29, 1.82) is 0 Å². The lowest BCUT2D eigenvalue weighted by molar-refractivity contribution is -0.139. The molecular formula is C15H27NO3. The molecule has 2 rings (SSSR count). The molecule has 4 heteroatoms. The molecule has 19 heavy (non-hydrogen) atoms. The van der Waals surface area contributed by atoms with Gasteiger partial charge in [0.1, 0.15) is 0 Å². The first-order valence-electron chi connectivity index (χ1n) is 7.79. The van der Waals surface area contributed by atoms with E-state index in [9.17, 15) is 4.79 Å². The van der Waals surface area contributed by atoms with Gasteiger partial charge in [-0.05, 0) is 38.6 Å². The van der Waals surface area contributed by atoms with Crippen LogP contribution in [0.3, 0.4) is 0 Å². The maximum atomic E-state index is 11.0. The third-order valence-corrected chi connectivity index (χ3v) is 4.50. The number of piperidine rings is 1. The third kappa shape index (κ3) is 4.18. The van der Waals surface area contributed by atoms with E-state index in [0.29, 0.717) is 18.6 Å². The average Bonchev–Trinajstić information content (AvgIpc) is 2.39. The van der Waals surface area contributed by atoms with E-state index in [-0.39, 0.29) is 6.04 Å². The highest BCUT2D eigenvalue weighted by Crippen LogP contribution is 2.29. The molecule has 4 nitrogen and oxygen atoms in total. The molecule has 0 aliphatic carbocycles. The summed E-state index contributed by atoms with van der Waals surface area (Å²) in [6.45, 7) is 4.11. The average molecular weight is 269 g/mol. The summed E-state index contributed by atoms with van der Waals surface area (Å²) >= 11 is 0. The van der Waals surface area contributed by atoms with Gasteiger partial charge in [-0.2, -0.15) is 0 Å². The first kappa shape index (κ1) is 14.8. The van der Waals surface area contributed by atoms with Gasteiger partial charge in [0.05, 0.1) is 12.5 Å². The van der Waals surface area contributed by atoms with Crippen LogP contribution in [0.1, 0.15) is 58.3 Å². The quantitative estimate of drug-likeness (QED) is 0.833. The fraction of sp³-hybridized carbons (Fsp3) is 0.933. The van der Waals surface area contributed by atoms with E-state index >= 15 is 0 Å². The lowest BCUT2D eigenvalue weighted by Crippen LogP contribution is -2.50. The highest BCUT2D eigenvalue weighted by molar-refractivity contribution is 5.67. The summed E-state index contributed by atoms with van der Waals surface area (Å²) in [6.07, 6.45) is 8.57. The largest absolute Gasteiger partial charge is 0.481 e. The first-order chi connectivity index (χ1) is 9.20. The van der Waals surface area contributed by atoms with Crippen LogP contribution >= 0.6 is 0 Å². The Bertz CT molecular complexity index is 293. The molecule has 1 N–H and O–H groups in total. The first-order valence-corrected chi connectivity index (χ1v) is 7.79. The SMILES string of the molecule is CCCC1CC(N2CCCCC2CC(=O)O)CCO1. The number of carboxylic acid groups (broad SMARTS) is 1. The Balaban J connectivity index is 1.94. The molecule has 0 bridgehead atoms. The van der Waals surface area contributed by atoms with Crippen LogP contribution in [0.25, 0.3) is 0 Å². The number of nitrogens with zero attached hydrogens (tertiary/aromatic N) is 1. The second-order valence-corrected chi connectivity index (χ2v) is 5.94. The van der Waals surface area contributed by atoms with Crippen molar-refractivity contribution in [2.45, 2.75) is 76.5 Å². The van der Waals surface area contributed by atoms with E-state index in [2.05, 4.69) is 11.8 Å². The van der Waals surface area contributed by atoms with Crippen molar-refractivity contribution in [2.75, 3.05) is 13.2 Å². The Morgan fingerprint density at radius 3 is 2.95 bits per heavy atom. The molecule has 2 heterocycles. The van der Waals surface area contributed by atoms with Crippen molar-refractivity contribution in [2.24, 2.45) is 0 Å². The second kappa shape index (κ2) is 7.25. The molecule has 0 aromatic heterocycles. The van der Waals surface area contributed by atoms with Crippen molar-refractivity contribution in [3.63, 3.8) is 0 Å². The van der Waals surface area contributed by atoms with Crippen LogP contribution in [0, 0.1) is 0 Å². The number of aliphatic carboxylic acids is 1. The van der Waals surface area contributed by atoms with Gasteiger partial charge in [0, 0.05) is 18.7 Å². The van der Waals surface area contributed by atoms with Gasteiger partial charge in [0.15, 0.2) is 0 Å². The molecule has 0 amide bonds. The van der Waals surface area contributed by atoms with Crippen LogP contribution in [-0.2, 0) is 9.53 Å². The molecule has 2 aliphatic rings. The lowest BCUT2D eigenvalue weighted by Gasteiger charge is -2.44. The molecule has 2 saturated heterocycles. The number of carboxylic acids is 1. The molecule has 3 atom stereocenters. The Kier molecular flexibility index (Phi) is 5.64.